The van der Waals surface area contributed by atoms with Gasteiger partial charge in [0.15, 0.2) is 0 Å². The van der Waals surface area contributed by atoms with Gasteiger partial charge in [-0.05, 0) is 61.9 Å². The van der Waals surface area contributed by atoms with E-state index in [4.69, 9.17) is 11.6 Å². The highest BCUT2D eigenvalue weighted by atomic mass is 35.5. The van der Waals surface area contributed by atoms with Gasteiger partial charge in [-0.25, -0.2) is 0 Å². The van der Waals surface area contributed by atoms with Crippen LogP contribution in [0.2, 0.25) is 5.02 Å². The van der Waals surface area contributed by atoms with Gasteiger partial charge in [0.1, 0.15) is 0 Å². The lowest BCUT2D eigenvalue weighted by atomic mass is 9.92. The quantitative estimate of drug-likeness (QED) is 0.522. The minimum absolute atomic E-state index is 0.0452. The molecule has 1 aromatic rings. The number of likely N-dealkylation sites (tertiary alicyclic amines) is 1. The minimum atomic E-state index is -0.0452. The largest absolute Gasteiger partial charge is 0.355 e. The normalized spacial score (nSPS) is 22.6. The fraction of sp³-hybridized carbons (Fsp3) is 0.650. The molecule has 0 spiro atoms. The van der Waals surface area contributed by atoms with Crippen LogP contribution in [0.25, 0.3) is 0 Å². The third-order valence-corrected chi connectivity index (χ3v) is 6.28. The second kappa shape index (κ2) is 10.4. The molecule has 3 nitrogen and oxygen atoms in total. The monoisotopic (exact) mass is 382 g/mol. The summed E-state index contributed by atoms with van der Waals surface area (Å²) in [5, 5.41) is 3.79. The van der Waals surface area contributed by atoms with Gasteiger partial charge in [-0.1, -0.05) is 32.4 Å². The Kier molecular flexibility index (Phi) is 8.60. The number of benzene rings is 1. The maximum Gasteiger partial charge on any atom is 0.233 e. The van der Waals surface area contributed by atoms with Crippen LogP contribution in [0, 0.1) is 11.8 Å². The van der Waals surface area contributed by atoms with Crippen molar-refractivity contribution >= 4 is 29.3 Å². The van der Waals surface area contributed by atoms with Gasteiger partial charge in [-0.15, -0.1) is 11.8 Å². The number of nitrogens with zero attached hydrogens (tertiary/aromatic N) is 1. The van der Waals surface area contributed by atoms with E-state index >= 15 is 0 Å². The number of carbonyl (C=O) groups excluding carboxylic acids is 1. The summed E-state index contributed by atoms with van der Waals surface area (Å²) in [7, 11) is 0. The Morgan fingerprint density at radius 2 is 1.92 bits per heavy atom. The van der Waals surface area contributed by atoms with Crippen LogP contribution >= 0.6 is 23.4 Å². The van der Waals surface area contributed by atoms with Crippen LogP contribution in [0.3, 0.4) is 0 Å². The molecular weight excluding hydrogens is 352 g/mol. The number of amides is 1. The predicted molar refractivity (Wildman–Crippen MR) is 108 cm³/mol. The molecule has 5 heteroatoms. The van der Waals surface area contributed by atoms with E-state index in [2.05, 4.69) is 31.0 Å². The summed E-state index contributed by atoms with van der Waals surface area (Å²) < 4.78 is 0. The lowest BCUT2D eigenvalue weighted by molar-refractivity contribution is -0.120. The third-order valence-electron chi connectivity index (χ3n) is 4.65. The number of rotatable bonds is 8. The maximum atomic E-state index is 12.4. The molecule has 0 bridgehead atoms. The zero-order chi connectivity index (χ0) is 18.2. The number of thioether (sulfide) groups is 1. The SMILES string of the molecule is CC[C@@H](Sc1ccc(Cl)cc1)C(=O)NCCCN1C[C@H](C)C[C@H](C)C1. The van der Waals surface area contributed by atoms with Gasteiger partial charge in [0.2, 0.25) is 5.91 Å². The summed E-state index contributed by atoms with van der Waals surface area (Å²) in [5.74, 6) is 1.72. The third kappa shape index (κ3) is 7.20. The summed E-state index contributed by atoms with van der Waals surface area (Å²) in [5.41, 5.74) is 0. The molecule has 0 aliphatic carbocycles. The van der Waals surface area contributed by atoms with E-state index < -0.39 is 0 Å². The van der Waals surface area contributed by atoms with E-state index in [0.717, 1.165) is 47.7 Å². The first-order chi connectivity index (χ1) is 12.0. The standard InChI is InChI=1S/C20H31ClN2OS/c1-4-19(25-18-8-6-17(21)7-9-18)20(24)22-10-5-11-23-13-15(2)12-16(3)14-23/h6-9,15-16,19H,4-5,10-14H2,1-3H3,(H,22,24)/t15-,16+,19-/m1/s1. The molecule has 25 heavy (non-hydrogen) atoms. The first-order valence-corrected chi connectivity index (χ1v) is 10.7. The first-order valence-electron chi connectivity index (χ1n) is 9.40. The number of halogens is 1. The van der Waals surface area contributed by atoms with Gasteiger partial charge in [0.05, 0.1) is 5.25 Å². The Morgan fingerprint density at radius 3 is 2.52 bits per heavy atom. The van der Waals surface area contributed by atoms with Crippen LogP contribution in [-0.2, 0) is 4.79 Å². The van der Waals surface area contributed by atoms with Crippen molar-refractivity contribution in [1.29, 1.82) is 0 Å². The minimum Gasteiger partial charge on any atom is -0.355 e. The second-order valence-electron chi connectivity index (χ2n) is 7.32. The predicted octanol–water partition coefficient (Wildman–Crippen LogP) is 4.69. The summed E-state index contributed by atoms with van der Waals surface area (Å²) in [4.78, 5) is 16.1. The highest BCUT2D eigenvalue weighted by Crippen LogP contribution is 2.26. The van der Waals surface area contributed by atoms with Gasteiger partial charge >= 0.3 is 0 Å². The molecule has 2 rings (SSSR count). The molecule has 1 aromatic carbocycles. The Hall–Kier alpha value is -0.710. The Morgan fingerprint density at radius 1 is 1.28 bits per heavy atom. The number of nitrogens with one attached hydrogen (secondary N) is 1. The topological polar surface area (TPSA) is 32.3 Å². The first kappa shape index (κ1) is 20.6. The zero-order valence-corrected chi connectivity index (χ0v) is 17.2. The number of carbonyl (C=O) groups is 1. The van der Waals surface area contributed by atoms with E-state index in [1.807, 2.05) is 24.3 Å². The number of hydrogen-bond donors (Lipinski definition) is 1. The summed E-state index contributed by atoms with van der Waals surface area (Å²) in [6.45, 7) is 11.0. The van der Waals surface area contributed by atoms with Crippen LogP contribution in [-0.4, -0.2) is 42.2 Å². The Labute approximate surface area is 161 Å². The van der Waals surface area contributed by atoms with Crippen molar-refractivity contribution in [2.75, 3.05) is 26.2 Å². The molecule has 0 saturated carbocycles. The zero-order valence-electron chi connectivity index (χ0n) is 15.6. The fourth-order valence-corrected chi connectivity index (χ4v) is 4.71. The van der Waals surface area contributed by atoms with Crippen molar-refractivity contribution in [2.24, 2.45) is 11.8 Å². The lowest BCUT2D eigenvalue weighted by Gasteiger charge is -2.35. The average molecular weight is 383 g/mol. The highest BCUT2D eigenvalue weighted by molar-refractivity contribution is 8.00. The molecule has 1 N–H and O–H groups in total. The van der Waals surface area contributed by atoms with E-state index in [1.165, 1.54) is 19.5 Å². The molecular formula is C20H31ClN2OS. The van der Waals surface area contributed by atoms with Crippen molar-refractivity contribution < 1.29 is 4.79 Å². The second-order valence-corrected chi connectivity index (χ2v) is 9.03. The van der Waals surface area contributed by atoms with E-state index in [1.54, 1.807) is 11.8 Å². The summed E-state index contributed by atoms with van der Waals surface area (Å²) in [6, 6.07) is 7.69. The van der Waals surface area contributed by atoms with Crippen molar-refractivity contribution in [2.45, 2.75) is 50.2 Å². The highest BCUT2D eigenvalue weighted by Gasteiger charge is 2.21. The van der Waals surface area contributed by atoms with Gasteiger partial charge < -0.3 is 10.2 Å². The maximum absolute atomic E-state index is 12.4. The van der Waals surface area contributed by atoms with Crippen LogP contribution in [0.4, 0.5) is 0 Å². The molecule has 3 atom stereocenters. The molecule has 0 radical (unpaired) electrons. The molecule has 140 valence electrons. The average Bonchev–Trinajstić information content (AvgIpc) is 2.57. The van der Waals surface area contributed by atoms with Gasteiger partial charge in [-0.3, -0.25) is 4.79 Å². The molecule has 1 heterocycles. The van der Waals surface area contributed by atoms with E-state index in [0.29, 0.717) is 0 Å². The van der Waals surface area contributed by atoms with E-state index in [-0.39, 0.29) is 11.2 Å². The Balaban J connectivity index is 1.70. The molecule has 1 amide bonds. The van der Waals surface area contributed by atoms with Crippen molar-refractivity contribution in [3.05, 3.63) is 29.3 Å². The molecule has 1 aliphatic rings. The van der Waals surface area contributed by atoms with Crippen molar-refractivity contribution in [3.63, 3.8) is 0 Å². The van der Waals surface area contributed by atoms with Crippen LogP contribution in [0.15, 0.2) is 29.2 Å². The molecule has 1 fully saturated rings. The Bertz CT molecular complexity index is 527. The number of hydrogen-bond acceptors (Lipinski definition) is 3. The van der Waals surface area contributed by atoms with Crippen LogP contribution in [0.1, 0.15) is 40.0 Å². The van der Waals surface area contributed by atoms with Gasteiger partial charge in [-0.2, -0.15) is 0 Å². The van der Waals surface area contributed by atoms with Gasteiger partial charge in [0, 0.05) is 29.6 Å². The molecule has 0 unspecified atom stereocenters. The van der Waals surface area contributed by atoms with Gasteiger partial charge in [0.25, 0.3) is 0 Å². The smallest absolute Gasteiger partial charge is 0.233 e. The number of piperidine rings is 1. The summed E-state index contributed by atoms with van der Waals surface area (Å²) >= 11 is 7.53. The molecule has 0 aromatic heterocycles. The van der Waals surface area contributed by atoms with Crippen molar-refractivity contribution in [1.82, 2.24) is 10.2 Å². The van der Waals surface area contributed by atoms with Crippen LogP contribution in [0.5, 0.6) is 0 Å². The molecule has 1 aliphatic heterocycles. The van der Waals surface area contributed by atoms with Crippen molar-refractivity contribution in [3.8, 4) is 0 Å². The lowest BCUT2D eigenvalue weighted by Crippen LogP contribution is -2.40. The molecule has 1 saturated heterocycles. The summed E-state index contributed by atoms with van der Waals surface area (Å²) in [6.07, 6.45) is 3.18. The van der Waals surface area contributed by atoms with Crippen LogP contribution < -0.4 is 5.32 Å². The van der Waals surface area contributed by atoms with E-state index in [9.17, 15) is 4.79 Å². The fourth-order valence-electron chi connectivity index (χ4n) is 3.60.